The molecule has 1 aliphatic rings. The van der Waals surface area contributed by atoms with Crippen molar-refractivity contribution in [2.45, 2.75) is 38.5 Å². The number of nitrogens with one attached hydrogen (secondary N) is 1. The molecule has 0 aromatic carbocycles. The summed E-state index contributed by atoms with van der Waals surface area (Å²) < 4.78 is 5.79. The second-order valence-electron chi connectivity index (χ2n) is 4.22. The van der Waals surface area contributed by atoms with Crippen molar-refractivity contribution in [1.82, 2.24) is 5.32 Å². The Bertz CT molecular complexity index is 116. The van der Waals surface area contributed by atoms with Crippen LogP contribution in [0.25, 0.3) is 0 Å². The van der Waals surface area contributed by atoms with Crippen LogP contribution < -0.4 is 5.32 Å². The first-order valence-electron chi connectivity index (χ1n) is 4.45. The maximum Gasteiger partial charge on any atom is 0.183 e. The van der Waals surface area contributed by atoms with E-state index in [0.717, 1.165) is 6.61 Å². The fourth-order valence-electron chi connectivity index (χ4n) is 1.25. The maximum absolute atomic E-state index is 5.79. The largest absolute Gasteiger partial charge is 0.416 e. The second-order valence-corrected chi connectivity index (χ2v) is 8.73. The summed E-state index contributed by atoms with van der Waals surface area (Å²) in [6, 6.07) is 0.640. The molecule has 0 spiro atoms. The molecule has 0 saturated carbocycles. The number of hydrogen-bond donors (Lipinski definition) is 1. The van der Waals surface area contributed by atoms with Crippen molar-refractivity contribution in [2.75, 3.05) is 13.2 Å². The van der Waals surface area contributed by atoms with Gasteiger partial charge in [0.05, 0.1) is 0 Å². The Morgan fingerprint density at radius 1 is 1.45 bits per heavy atom. The summed E-state index contributed by atoms with van der Waals surface area (Å²) in [6.45, 7) is 8.82. The standard InChI is InChI=1S/C8H19NOSi/c1-11(2,3)10-7-8-5-4-6-9-8/h8-9H,4-7H2,1-3H3. The molecule has 1 aliphatic heterocycles. The molecule has 0 bridgehead atoms. The monoisotopic (exact) mass is 173 g/mol. The minimum absolute atomic E-state index is 0.640. The third kappa shape index (κ3) is 3.89. The van der Waals surface area contributed by atoms with E-state index in [1.165, 1.54) is 19.4 Å². The van der Waals surface area contributed by atoms with Gasteiger partial charge >= 0.3 is 0 Å². The summed E-state index contributed by atoms with van der Waals surface area (Å²) in [4.78, 5) is 0. The molecule has 1 unspecified atom stereocenters. The molecule has 1 N–H and O–H groups in total. The molecule has 66 valence electrons. The zero-order valence-electron chi connectivity index (χ0n) is 7.81. The Labute approximate surface area is 70.5 Å². The molecular weight excluding hydrogens is 154 g/mol. The highest BCUT2D eigenvalue weighted by molar-refractivity contribution is 6.69. The van der Waals surface area contributed by atoms with Crippen LogP contribution in [0.4, 0.5) is 0 Å². The van der Waals surface area contributed by atoms with E-state index in [0.29, 0.717) is 6.04 Å². The van der Waals surface area contributed by atoms with Gasteiger partial charge in [-0.3, -0.25) is 0 Å². The predicted molar refractivity (Wildman–Crippen MR) is 50.3 cm³/mol. The van der Waals surface area contributed by atoms with Gasteiger partial charge in [-0.2, -0.15) is 0 Å². The van der Waals surface area contributed by atoms with E-state index in [1.807, 2.05) is 0 Å². The minimum Gasteiger partial charge on any atom is -0.416 e. The number of hydrogen-bond acceptors (Lipinski definition) is 2. The molecule has 11 heavy (non-hydrogen) atoms. The van der Waals surface area contributed by atoms with Gasteiger partial charge in [0.15, 0.2) is 8.32 Å². The fraction of sp³-hybridized carbons (Fsp3) is 1.00. The highest BCUT2D eigenvalue weighted by Crippen LogP contribution is 2.09. The Morgan fingerprint density at radius 2 is 2.18 bits per heavy atom. The van der Waals surface area contributed by atoms with Gasteiger partial charge in [0, 0.05) is 12.6 Å². The molecule has 0 aromatic heterocycles. The van der Waals surface area contributed by atoms with E-state index in [9.17, 15) is 0 Å². The van der Waals surface area contributed by atoms with Crippen molar-refractivity contribution in [3.63, 3.8) is 0 Å². The summed E-state index contributed by atoms with van der Waals surface area (Å²) >= 11 is 0. The molecule has 0 amide bonds. The van der Waals surface area contributed by atoms with Crippen LogP contribution in [0.5, 0.6) is 0 Å². The Morgan fingerprint density at radius 3 is 2.64 bits per heavy atom. The molecule has 1 fully saturated rings. The highest BCUT2D eigenvalue weighted by atomic mass is 28.4. The van der Waals surface area contributed by atoms with Gasteiger partial charge in [-0.25, -0.2) is 0 Å². The fourth-order valence-corrected chi connectivity index (χ4v) is 1.95. The summed E-state index contributed by atoms with van der Waals surface area (Å²) in [6.07, 6.45) is 2.62. The van der Waals surface area contributed by atoms with Crippen molar-refractivity contribution in [2.24, 2.45) is 0 Å². The van der Waals surface area contributed by atoms with Gasteiger partial charge in [-0.05, 0) is 39.0 Å². The van der Waals surface area contributed by atoms with Gasteiger partial charge in [-0.1, -0.05) is 0 Å². The lowest BCUT2D eigenvalue weighted by molar-refractivity contribution is 0.271. The van der Waals surface area contributed by atoms with E-state index < -0.39 is 8.32 Å². The van der Waals surface area contributed by atoms with E-state index in [4.69, 9.17) is 4.43 Å². The average molecular weight is 173 g/mol. The molecule has 1 atom stereocenters. The summed E-state index contributed by atoms with van der Waals surface area (Å²) in [5, 5.41) is 3.43. The molecule has 1 saturated heterocycles. The second kappa shape index (κ2) is 3.69. The summed E-state index contributed by atoms with van der Waals surface area (Å²) in [7, 11) is -1.26. The van der Waals surface area contributed by atoms with E-state index in [-0.39, 0.29) is 0 Å². The lowest BCUT2D eigenvalue weighted by Crippen LogP contribution is -2.34. The van der Waals surface area contributed by atoms with Crippen molar-refractivity contribution >= 4 is 8.32 Å². The van der Waals surface area contributed by atoms with Crippen LogP contribution in [0, 0.1) is 0 Å². The molecule has 3 heteroatoms. The summed E-state index contributed by atoms with van der Waals surface area (Å²) in [5.74, 6) is 0. The van der Waals surface area contributed by atoms with Crippen LogP contribution in [0.2, 0.25) is 19.6 Å². The van der Waals surface area contributed by atoms with Gasteiger partial charge in [0.2, 0.25) is 0 Å². The Balaban J connectivity index is 2.11. The van der Waals surface area contributed by atoms with Crippen molar-refractivity contribution < 1.29 is 4.43 Å². The van der Waals surface area contributed by atoms with Gasteiger partial charge in [0.25, 0.3) is 0 Å². The molecule has 0 aromatic rings. The van der Waals surface area contributed by atoms with Gasteiger partial charge in [0.1, 0.15) is 0 Å². The molecular formula is C8H19NOSi. The van der Waals surface area contributed by atoms with Crippen LogP contribution in [-0.2, 0) is 4.43 Å². The third-order valence-corrected chi connectivity index (χ3v) is 2.91. The van der Waals surface area contributed by atoms with Gasteiger partial charge in [-0.15, -0.1) is 0 Å². The average Bonchev–Trinajstić information content (AvgIpc) is 2.32. The van der Waals surface area contributed by atoms with Crippen LogP contribution >= 0.6 is 0 Å². The molecule has 0 radical (unpaired) electrons. The van der Waals surface area contributed by atoms with E-state index in [2.05, 4.69) is 25.0 Å². The first-order chi connectivity index (χ1) is 5.08. The van der Waals surface area contributed by atoms with Crippen molar-refractivity contribution in [3.8, 4) is 0 Å². The quantitative estimate of drug-likeness (QED) is 0.654. The zero-order valence-corrected chi connectivity index (χ0v) is 8.81. The summed E-state index contributed by atoms with van der Waals surface area (Å²) in [5.41, 5.74) is 0. The smallest absolute Gasteiger partial charge is 0.183 e. The highest BCUT2D eigenvalue weighted by Gasteiger charge is 2.19. The van der Waals surface area contributed by atoms with Crippen molar-refractivity contribution in [3.05, 3.63) is 0 Å². The van der Waals surface area contributed by atoms with Crippen LogP contribution in [0.3, 0.4) is 0 Å². The van der Waals surface area contributed by atoms with Crippen LogP contribution in [-0.4, -0.2) is 27.5 Å². The lowest BCUT2D eigenvalue weighted by atomic mass is 10.2. The van der Waals surface area contributed by atoms with E-state index >= 15 is 0 Å². The molecule has 0 aliphatic carbocycles. The molecule has 1 heterocycles. The van der Waals surface area contributed by atoms with Crippen molar-refractivity contribution in [1.29, 1.82) is 0 Å². The Hall–Kier alpha value is 0.137. The lowest BCUT2D eigenvalue weighted by Gasteiger charge is -2.20. The van der Waals surface area contributed by atoms with Crippen LogP contribution in [0.15, 0.2) is 0 Å². The van der Waals surface area contributed by atoms with Gasteiger partial charge < -0.3 is 9.74 Å². The van der Waals surface area contributed by atoms with Crippen LogP contribution in [0.1, 0.15) is 12.8 Å². The first-order valence-corrected chi connectivity index (χ1v) is 7.86. The first kappa shape index (κ1) is 9.23. The zero-order chi connectivity index (χ0) is 8.32. The number of rotatable bonds is 3. The predicted octanol–water partition coefficient (Wildman–Crippen LogP) is 1.59. The normalized spacial score (nSPS) is 25.9. The molecule has 2 nitrogen and oxygen atoms in total. The SMILES string of the molecule is C[Si](C)(C)OCC1CCCN1. The maximum atomic E-state index is 5.79. The third-order valence-electron chi connectivity index (χ3n) is 1.88. The van der Waals surface area contributed by atoms with E-state index in [1.54, 1.807) is 0 Å². The topological polar surface area (TPSA) is 21.3 Å². The Kier molecular flexibility index (Phi) is 3.10. The minimum atomic E-state index is -1.26. The molecule has 1 rings (SSSR count).